The average molecular weight is 507 g/mol. The molecule has 4 fully saturated rings. The number of allylic oxidation sites excluding steroid dienone is 2. The minimum absolute atomic E-state index is 0.197. The van der Waals surface area contributed by atoms with Crippen LogP contribution in [-0.2, 0) is 4.79 Å². The third-order valence-electron chi connectivity index (χ3n) is 6.23. The van der Waals surface area contributed by atoms with Crippen LogP contribution < -0.4 is 11.5 Å². The van der Waals surface area contributed by atoms with Crippen molar-refractivity contribution in [2.24, 2.45) is 16.5 Å². The van der Waals surface area contributed by atoms with Crippen molar-refractivity contribution in [1.82, 2.24) is 19.6 Å². The highest BCUT2D eigenvalue weighted by Crippen LogP contribution is 2.20. The van der Waals surface area contributed by atoms with E-state index in [2.05, 4.69) is 43.7 Å². The summed E-state index contributed by atoms with van der Waals surface area (Å²) in [5.41, 5.74) is 9.42. The molecule has 0 aromatic carbocycles. The number of carbonyl (C=O) groups is 1. The highest BCUT2D eigenvalue weighted by atomic mass is 16.4. The lowest BCUT2D eigenvalue weighted by molar-refractivity contribution is -0.194. The topological polar surface area (TPSA) is 138 Å². The van der Waals surface area contributed by atoms with E-state index in [-0.39, 0.29) is 5.96 Å². The monoisotopic (exact) mass is 506 g/mol. The summed E-state index contributed by atoms with van der Waals surface area (Å²) in [5.74, 6) is -0.861. The van der Waals surface area contributed by atoms with Gasteiger partial charge in [0.25, 0.3) is 0 Å². The number of hydrogen-bond acceptors (Lipinski definition) is 7. The van der Waals surface area contributed by atoms with Crippen molar-refractivity contribution in [3.63, 3.8) is 0 Å². The van der Waals surface area contributed by atoms with Crippen LogP contribution in [0.3, 0.4) is 0 Å². The van der Waals surface area contributed by atoms with Crippen molar-refractivity contribution in [1.29, 1.82) is 5.26 Å². The summed E-state index contributed by atoms with van der Waals surface area (Å²) in [4.78, 5) is 23.1. The quantitative estimate of drug-likeness (QED) is 0.0994. The number of nitrogens with zero attached hydrogens (tertiary/aromatic N) is 6. The summed E-state index contributed by atoms with van der Waals surface area (Å²) in [7, 11) is 0. The van der Waals surface area contributed by atoms with Crippen molar-refractivity contribution < 1.29 is 9.90 Å². The first-order chi connectivity index (χ1) is 17.4. The van der Waals surface area contributed by atoms with Gasteiger partial charge in [-0.3, -0.25) is 24.4 Å². The zero-order valence-corrected chi connectivity index (χ0v) is 22.5. The number of rotatable bonds is 15. The minimum Gasteiger partial charge on any atom is -0.481 e. The smallest absolute Gasteiger partial charge is 0.303 e. The van der Waals surface area contributed by atoms with Crippen molar-refractivity contribution >= 4 is 11.9 Å². The van der Waals surface area contributed by atoms with E-state index in [1.165, 1.54) is 117 Å². The fraction of sp³-hybridized carbons (Fsp3) is 0.808. The molecule has 0 saturated carbocycles. The van der Waals surface area contributed by atoms with Crippen molar-refractivity contribution in [2.45, 2.75) is 96.8 Å². The van der Waals surface area contributed by atoms with Crippen LogP contribution in [0.2, 0.25) is 0 Å². The molecule has 10 nitrogen and oxygen atoms in total. The highest BCUT2D eigenvalue weighted by molar-refractivity contribution is 5.76. The minimum atomic E-state index is -0.664. The van der Waals surface area contributed by atoms with Gasteiger partial charge in [-0.25, -0.2) is 0 Å². The molecule has 0 aromatic rings. The first-order valence-electron chi connectivity index (χ1n) is 13.7. The van der Waals surface area contributed by atoms with Gasteiger partial charge in [0, 0.05) is 6.42 Å². The highest BCUT2D eigenvalue weighted by Gasteiger charge is 2.36. The first-order valence-corrected chi connectivity index (χ1v) is 13.7. The van der Waals surface area contributed by atoms with Crippen molar-refractivity contribution in [3.05, 3.63) is 12.2 Å². The largest absolute Gasteiger partial charge is 0.481 e. The Hall–Kier alpha value is -2.19. The van der Waals surface area contributed by atoms with Crippen LogP contribution in [0.15, 0.2) is 17.1 Å². The SMILES string of the molecule is C1N2CN3CN1CN(C2)C3.CCCCCCCC/C=C\CCCCCCCC(=O)O.N#CN=C(N)N. The molecule has 0 atom stereocenters. The second-order valence-electron chi connectivity index (χ2n) is 9.90. The van der Waals surface area contributed by atoms with E-state index in [0.29, 0.717) is 6.42 Å². The molecule has 0 radical (unpaired) electrons. The second kappa shape index (κ2) is 20.9. The molecule has 4 rings (SSSR count). The maximum atomic E-state index is 10.3. The van der Waals surface area contributed by atoms with Gasteiger partial charge < -0.3 is 16.6 Å². The lowest BCUT2D eigenvalue weighted by Gasteiger charge is -2.56. The number of nitrogens with two attached hydrogens (primary N) is 2. The molecule has 5 N–H and O–H groups in total. The van der Waals surface area contributed by atoms with Crippen LogP contribution in [0.4, 0.5) is 0 Å². The standard InChI is InChI=1S/C18H34O2.C6H12N4.C2H4N4/c1-2-3-4-5-6-7-8-9-10-11-12-13-14-15-16-17-18(19)20;1-7-2-9-4-8(1)5-10(3-7)6-9;3-1-6-2(4)5/h9-10H,2-8,11-17H2,1H3,(H,19,20);1-6H2;(H4,4,5,6)/b10-9-;;. The van der Waals surface area contributed by atoms with Gasteiger partial charge in [-0.15, -0.1) is 4.99 Å². The molecular weight excluding hydrogens is 456 g/mol. The molecule has 4 saturated heterocycles. The molecule has 206 valence electrons. The van der Waals surface area contributed by atoms with Crippen molar-refractivity contribution in [3.8, 4) is 6.19 Å². The molecule has 4 heterocycles. The molecule has 36 heavy (non-hydrogen) atoms. The normalized spacial score (nSPS) is 23.2. The Morgan fingerprint density at radius 3 is 1.50 bits per heavy atom. The molecule has 0 unspecified atom stereocenters. The number of carboxylic acid groups (broad SMARTS) is 1. The Bertz CT molecular complexity index is 617. The summed E-state index contributed by atoms with van der Waals surface area (Å²) < 4.78 is 0. The van der Waals surface area contributed by atoms with Crippen LogP contribution in [0.5, 0.6) is 0 Å². The average Bonchev–Trinajstić information content (AvgIpc) is 2.81. The van der Waals surface area contributed by atoms with E-state index in [0.717, 1.165) is 12.8 Å². The van der Waals surface area contributed by atoms with Gasteiger partial charge in [-0.2, -0.15) is 5.26 Å². The van der Waals surface area contributed by atoms with E-state index < -0.39 is 5.97 Å². The van der Waals surface area contributed by atoms with E-state index in [4.69, 9.17) is 21.8 Å². The van der Waals surface area contributed by atoms with Gasteiger partial charge in [-0.1, -0.05) is 70.4 Å². The molecule has 0 aromatic heterocycles. The zero-order valence-electron chi connectivity index (χ0n) is 22.5. The van der Waals surface area contributed by atoms with E-state index in [9.17, 15) is 4.79 Å². The fourth-order valence-electron chi connectivity index (χ4n) is 4.64. The van der Waals surface area contributed by atoms with Gasteiger partial charge in [-0.05, 0) is 32.1 Å². The van der Waals surface area contributed by atoms with E-state index in [1.807, 2.05) is 0 Å². The number of carboxylic acids is 1. The Kier molecular flexibility index (Phi) is 18.5. The lowest BCUT2D eigenvalue weighted by atomic mass is 10.1. The lowest BCUT2D eigenvalue weighted by Crippen LogP contribution is -2.71. The molecule has 0 aliphatic carbocycles. The Balaban J connectivity index is 0.000000327. The molecule has 4 aliphatic heterocycles. The summed E-state index contributed by atoms with van der Waals surface area (Å²) in [5, 5.41) is 16.1. The van der Waals surface area contributed by atoms with Gasteiger partial charge in [0.15, 0.2) is 0 Å². The third-order valence-corrected chi connectivity index (χ3v) is 6.23. The molecule has 0 spiro atoms. The summed E-state index contributed by atoms with van der Waals surface area (Å²) >= 11 is 0. The number of aliphatic carboxylic acids is 1. The van der Waals surface area contributed by atoms with Gasteiger partial charge in [0.1, 0.15) is 0 Å². The predicted octanol–water partition coefficient (Wildman–Crippen LogP) is 3.83. The van der Waals surface area contributed by atoms with Gasteiger partial charge in [0.2, 0.25) is 12.2 Å². The maximum absolute atomic E-state index is 10.3. The van der Waals surface area contributed by atoms with Crippen LogP contribution in [0.25, 0.3) is 0 Å². The number of nitriles is 1. The van der Waals surface area contributed by atoms with Crippen LogP contribution >= 0.6 is 0 Å². The number of unbranched alkanes of at least 4 members (excludes halogenated alkanes) is 11. The van der Waals surface area contributed by atoms with E-state index >= 15 is 0 Å². The zero-order chi connectivity index (χ0) is 26.4. The molecular formula is C26H50N8O2. The predicted molar refractivity (Wildman–Crippen MR) is 145 cm³/mol. The van der Waals surface area contributed by atoms with Gasteiger partial charge in [0.05, 0.1) is 40.0 Å². The molecule has 0 amide bonds. The molecule has 4 aliphatic rings. The molecule has 4 bridgehead atoms. The fourth-order valence-corrected chi connectivity index (χ4v) is 4.64. The Labute approximate surface area is 218 Å². The number of hydrogen-bond donors (Lipinski definition) is 3. The van der Waals surface area contributed by atoms with Gasteiger partial charge >= 0.3 is 5.97 Å². The first kappa shape index (κ1) is 31.8. The van der Waals surface area contributed by atoms with Crippen molar-refractivity contribution in [2.75, 3.05) is 40.0 Å². The number of aliphatic imine (C=N–C) groups is 1. The van der Waals surface area contributed by atoms with E-state index in [1.54, 1.807) is 0 Å². The van der Waals surface area contributed by atoms with Crippen LogP contribution in [0, 0.1) is 11.5 Å². The third kappa shape index (κ3) is 17.3. The summed E-state index contributed by atoms with van der Waals surface area (Å²) in [6.07, 6.45) is 22.6. The van der Waals surface area contributed by atoms with Crippen LogP contribution in [0.1, 0.15) is 96.8 Å². The summed E-state index contributed by atoms with van der Waals surface area (Å²) in [6, 6.07) is 0. The second-order valence-corrected chi connectivity index (χ2v) is 9.90. The molecule has 10 heteroatoms. The van der Waals surface area contributed by atoms with Crippen LogP contribution in [-0.4, -0.2) is 76.6 Å². The Morgan fingerprint density at radius 1 is 0.778 bits per heavy atom. The number of guanidine groups is 1. The maximum Gasteiger partial charge on any atom is 0.303 e. The Morgan fingerprint density at radius 2 is 1.17 bits per heavy atom. The summed E-state index contributed by atoms with van der Waals surface area (Å²) in [6.45, 7) is 9.38.